The maximum absolute atomic E-state index is 12.9. The number of carbonyl (C=O) groups is 1. The average Bonchev–Trinajstić information content (AvgIpc) is 3.22. The molecule has 1 aliphatic rings. The summed E-state index contributed by atoms with van der Waals surface area (Å²) in [5.74, 6) is -0.0348. The maximum atomic E-state index is 12.9. The van der Waals surface area contributed by atoms with Crippen LogP contribution in [0, 0.1) is 13.8 Å². The number of aryl methyl sites for hydroxylation is 2. The Hall–Kier alpha value is -1.59. The van der Waals surface area contributed by atoms with Gasteiger partial charge < -0.3 is 9.80 Å². The standard InChI is InChI=1S/C19H24ClN3OS/c1-12(18-13(2)25-14(3)21-18)22(4)19(24)15-7-8-17(16(20)11-15)23-9-5-6-10-23/h7-8,11-12H,5-6,9-10H2,1-4H3. The second-order valence-corrected chi connectivity index (χ2v) is 8.44. The quantitative estimate of drug-likeness (QED) is 0.764. The normalized spacial score (nSPS) is 15.5. The van der Waals surface area contributed by atoms with E-state index in [1.54, 1.807) is 22.3 Å². The molecule has 2 heterocycles. The number of rotatable bonds is 4. The number of nitrogens with zero attached hydrogens (tertiary/aromatic N) is 3. The lowest BCUT2D eigenvalue weighted by atomic mass is 10.1. The summed E-state index contributed by atoms with van der Waals surface area (Å²) < 4.78 is 0. The largest absolute Gasteiger partial charge is 0.370 e. The SMILES string of the molecule is Cc1nc(C(C)N(C)C(=O)c2ccc(N3CCCC3)c(Cl)c2)c(C)s1. The van der Waals surface area contributed by atoms with Gasteiger partial charge in [0.05, 0.1) is 27.5 Å². The van der Waals surface area contributed by atoms with Crippen molar-refractivity contribution >= 4 is 34.5 Å². The Morgan fingerprint density at radius 1 is 1.32 bits per heavy atom. The Morgan fingerprint density at radius 3 is 2.56 bits per heavy atom. The lowest BCUT2D eigenvalue weighted by Crippen LogP contribution is -2.30. The summed E-state index contributed by atoms with van der Waals surface area (Å²) in [6.07, 6.45) is 2.40. The molecule has 6 heteroatoms. The molecular weight excluding hydrogens is 354 g/mol. The van der Waals surface area contributed by atoms with Crippen LogP contribution in [0.1, 0.15) is 51.7 Å². The maximum Gasteiger partial charge on any atom is 0.254 e. The van der Waals surface area contributed by atoms with Gasteiger partial charge in [0.2, 0.25) is 0 Å². The van der Waals surface area contributed by atoms with E-state index in [0.29, 0.717) is 10.6 Å². The van der Waals surface area contributed by atoms with E-state index < -0.39 is 0 Å². The molecule has 4 nitrogen and oxygen atoms in total. The van der Waals surface area contributed by atoms with Crippen LogP contribution < -0.4 is 4.90 Å². The number of anilines is 1. The van der Waals surface area contributed by atoms with Crippen molar-refractivity contribution in [2.75, 3.05) is 25.0 Å². The summed E-state index contributed by atoms with van der Waals surface area (Å²) in [5.41, 5.74) is 2.61. The molecular formula is C19H24ClN3OS. The zero-order valence-electron chi connectivity index (χ0n) is 15.2. The van der Waals surface area contributed by atoms with Gasteiger partial charge in [-0.3, -0.25) is 4.79 Å². The first-order valence-electron chi connectivity index (χ1n) is 8.64. The number of amides is 1. The van der Waals surface area contributed by atoms with Gasteiger partial charge in [0.15, 0.2) is 0 Å². The van der Waals surface area contributed by atoms with Gasteiger partial charge in [-0.25, -0.2) is 4.98 Å². The van der Waals surface area contributed by atoms with Gasteiger partial charge in [0, 0.05) is 30.6 Å². The third-order valence-corrected chi connectivity index (χ3v) is 6.08. The van der Waals surface area contributed by atoms with E-state index in [1.807, 2.05) is 33.0 Å². The fourth-order valence-electron chi connectivity index (χ4n) is 3.35. The molecule has 1 fully saturated rings. The highest BCUT2D eigenvalue weighted by atomic mass is 35.5. The summed E-state index contributed by atoms with van der Waals surface area (Å²) >= 11 is 8.13. The molecule has 1 aromatic carbocycles. The lowest BCUT2D eigenvalue weighted by Gasteiger charge is -2.25. The highest BCUT2D eigenvalue weighted by Crippen LogP contribution is 2.31. The molecule has 25 heavy (non-hydrogen) atoms. The second kappa shape index (κ2) is 7.34. The van der Waals surface area contributed by atoms with E-state index in [9.17, 15) is 4.79 Å². The number of hydrogen-bond donors (Lipinski definition) is 0. The molecule has 1 saturated heterocycles. The van der Waals surface area contributed by atoms with E-state index in [4.69, 9.17) is 11.6 Å². The minimum atomic E-state index is -0.0746. The molecule has 1 amide bonds. The molecule has 134 valence electrons. The highest BCUT2D eigenvalue weighted by Gasteiger charge is 2.24. The van der Waals surface area contributed by atoms with Crippen LogP contribution in [0.15, 0.2) is 18.2 Å². The molecule has 0 aliphatic carbocycles. The number of thiazole rings is 1. The van der Waals surface area contributed by atoms with Gasteiger partial charge in [-0.2, -0.15) is 0 Å². The Labute approximate surface area is 158 Å². The molecule has 1 unspecified atom stereocenters. The molecule has 1 aromatic heterocycles. The van der Waals surface area contributed by atoms with Crippen molar-refractivity contribution in [2.45, 2.75) is 39.7 Å². The summed E-state index contributed by atoms with van der Waals surface area (Å²) in [4.78, 5) is 22.7. The Kier molecular flexibility index (Phi) is 5.35. The molecule has 1 atom stereocenters. The number of benzene rings is 1. The van der Waals surface area contributed by atoms with Gasteiger partial charge in [-0.15, -0.1) is 11.3 Å². The molecule has 0 radical (unpaired) electrons. The summed E-state index contributed by atoms with van der Waals surface area (Å²) in [5, 5.41) is 1.67. The van der Waals surface area contributed by atoms with E-state index in [0.717, 1.165) is 34.4 Å². The van der Waals surface area contributed by atoms with Crippen LogP contribution >= 0.6 is 22.9 Å². The van der Waals surface area contributed by atoms with Gasteiger partial charge in [0.25, 0.3) is 5.91 Å². The topological polar surface area (TPSA) is 36.4 Å². The monoisotopic (exact) mass is 377 g/mol. The van der Waals surface area contributed by atoms with Crippen molar-refractivity contribution in [2.24, 2.45) is 0 Å². The van der Waals surface area contributed by atoms with Gasteiger partial charge >= 0.3 is 0 Å². The van der Waals surface area contributed by atoms with Crippen LogP contribution in [0.25, 0.3) is 0 Å². The smallest absolute Gasteiger partial charge is 0.254 e. The van der Waals surface area contributed by atoms with E-state index in [2.05, 4.69) is 16.8 Å². The van der Waals surface area contributed by atoms with Crippen LogP contribution in [0.2, 0.25) is 5.02 Å². The zero-order valence-corrected chi connectivity index (χ0v) is 16.7. The first kappa shape index (κ1) is 18.2. The minimum Gasteiger partial charge on any atom is -0.370 e. The molecule has 1 aliphatic heterocycles. The van der Waals surface area contributed by atoms with Crippen molar-refractivity contribution < 1.29 is 4.79 Å². The number of carbonyl (C=O) groups excluding carboxylic acids is 1. The fourth-order valence-corrected chi connectivity index (χ4v) is 4.56. The molecule has 0 spiro atoms. The van der Waals surface area contributed by atoms with Crippen molar-refractivity contribution in [3.63, 3.8) is 0 Å². The number of hydrogen-bond acceptors (Lipinski definition) is 4. The second-order valence-electron chi connectivity index (χ2n) is 6.63. The summed E-state index contributed by atoms with van der Waals surface area (Å²) in [7, 11) is 1.82. The van der Waals surface area contributed by atoms with E-state index in [-0.39, 0.29) is 11.9 Å². The van der Waals surface area contributed by atoms with Crippen LogP contribution in [0.5, 0.6) is 0 Å². The van der Waals surface area contributed by atoms with E-state index in [1.165, 1.54) is 12.8 Å². The van der Waals surface area contributed by atoms with Gasteiger partial charge in [-0.1, -0.05) is 11.6 Å². The molecule has 3 rings (SSSR count). The van der Waals surface area contributed by atoms with Crippen molar-refractivity contribution in [3.8, 4) is 0 Å². The lowest BCUT2D eigenvalue weighted by molar-refractivity contribution is 0.0740. The van der Waals surface area contributed by atoms with Crippen LogP contribution in [0.3, 0.4) is 0 Å². The molecule has 0 N–H and O–H groups in total. The summed E-state index contributed by atoms with van der Waals surface area (Å²) in [6, 6.07) is 5.57. The predicted molar refractivity (Wildman–Crippen MR) is 105 cm³/mol. The molecule has 2 aromatic rings. The minimum absolute atomic E-state index is 0.0348. The highest BCUT2D eigenvalue weighted by molar-refractivity contribution is 7.11. The van der Waals surface area contributed by atoms with Crippen LogP contribution in [-0.4, -0.2) is 35.9 Å². The Morgan fingerprint density at radius 2 is 2.00 bits per heavy atom. The number of halogens is 1. The zero-order chi connectivity index (χ0) is 18.1. The summed E-state index contributed by atoms with van der Waals surface area (Å²) in [6.45, 7) is 8.13. The first-order valence-corrected chi connectivity index (χ1v) is 9.83. The fraction of sp³-hybridized carbons (Fsp3) is 0.474. The molecule has 0 bridgehead atoms. The third kappa shape index (κ3) is 3.67. The van der Waals surface area contributed by atoms with Crippen LogP contribution in [0.4, 0.5) is 5.69 Å². The van der Waals surface area contributed by atoms with Crippen LogP contribution in [-0.2, 0) is 0 Å². The van der Waals surface area contributed by atoms with E-state index >= 15 is 0 Å². The average molecular weight is 378 g/mol. The van der Waals surface area contributed by atoms with Crippen molar-refractivity contribution in [3.05, 3.63) is 44.4 Å². The number of aromatic nitrogens is 1. The Bertz CT molecular complexity index is 783. The van der Waals surface area contributed by atoms with Gasteiger partial charge in [0.1, 0.15) is 0 Å². The first-order chi connectivity index (χ1) is 11.9. The van der Waals surface area contributed by atoms with Crippen molar-refractivity contribution in [1.29, 1.82) is 0 Å². The Balaban J connectivity index is 1.80. The van der Waals surface area contributed by atoms with Crippen molar-refractivity contribution in [1.82, 2.24) is 9.88 Å². The predicted octanol–water partition coefficient (Wildman–Crippen LogP) is 4.85. The third-order valence-electron chi connectivity index (χ3n) is 4.88. The van der Waals surface area contributed by atoms with Gasteiger partial charge in [-0.05, 0) is 51.8 Å². The molecule has 0 saturated carbocycles.